The van der Waals surface area contributed by atoms with Crippen molar-refractivity contribution in [2.75, 3.05) is 40.8 Å². The van der Waals surface area contributed by atoms with Crippen molar-refractivity contribution < 1.29 is 18.9 Å². The van der Waals surface area contributed by atoms with Gasteiger partial charge in [-0.3, -0.25) is 0 Å². The van der Waals surface area contributed by atoms with Gasteiger partial charge in [-0.15, -0.1) is 0 Å². The van der Waals surface area contributed by atoms with E-state index in [2.05, 4.69) is 86.6 Å². The SMILES string of the molecule is COc1ccccc1P(CC(C)(C)CP(c1ccccc1OC)c1ccccc1OC)c1ccccc1OC. The number of ether oxygens (including phenoxy) is 4. The molecule has 0 amide bonds. The van der Waals surface area contributed by atoms with Crippen molar-refractivity contribution in [1.29, 1.82) is 0 Å². The van der Waals surface area contributed by atoms with E-state index in [1.54, 1.807) is 28.4 Å². The molecule has 0 bridgehead atoms. The topological polar surface area (TPSA) is 36.9 Å². The van der Waals surface area contributed by atoms with Crippen LogP contribution in [-0.4, -0.2) is 40.8 Å². The Bertz CT molecular complexity index is 1170. The molecule has 0 aliphatic carbocycles. The first-order valence-electron chi connectivity index (χ1n) is 13.0. The number of hydrogen-bond acceptors (Lipinski definition) is 4. The molecular weight excluding hydrogens is 522 g/mol. The van der Waals surface area contributed by atoms with Gasteiger partial charge in [-0.25, -0.2) is 0 Å². The first-order chi connectivity index (χ1) is 18.9. The Morgan fingerprint density at radius 2 is 0.667 bits per heavy atom. The Balaban J connectivity index is 1.80. The predicted molar refractivity (Wildman–Crippen MR) is 168 cm³/mol. The lowest BCUT2D eigenvalue weighted by Gasteiger charge is -2.35. The lowest BCUT2D eigenvalue weighted by atomic mass is 10.00. The quantitative estimate of drug-likeness (QED) is 0.190. The summed E-state index contributed by atoms with van der Waals surface area (Å²) in [6.45, 7) is 4.76. The Morgan fingerprint density at radius 3 is 0.897 bits per heavy atom. The Kier molecular flexibility index (Phi) is 9.89. The first-order valence-corrected chi connectivity index (χ1v) is 16.0. The maximum absolute atomic E-state index is 5.86. The van der Waals surface area contributed by atoms with Crippen LogP contribution < -0.4 is 40.2 Å². The summed E-state index contributed by atoms with van der Waals surface area (Å²) in [6, 6.07) is 33.6. The van der Waals surface area contributed by atoms with Crippen LogP contribution in [0.15, 0.2) is 97.1 Å². The molecule has 0 aliphatic heterocycles. The fourth-order valence-electron chi connectivity index (χ4n) is 4.92. The van der Waals surface area contributed by atoms with Crippen molar-refractivity contribution >= 4 is 37.1 Å². The molecule has 0 N–H and O–H groups in total. The zero-order chi connectivity index (χ0) is 27.8. The average molecular weight is 561 g/mol. The molecule has 4 nitrogen and oxygen atoms in total. The molecule has 4 aromatic carbocycles. The highest BCUT2D eigenvalue weighted by Crippen LogP contribution is 2.50. The number of rotatable bonds is 12. The molecule has 0 heterocycles. The number of methoxy groups -OCH3 is 4. The van der Waals surface area contributed by atoms with Gasteiger partial charge in [-0.1, -0.05) is 86.6 Å². The van der Waals surface area contributed by atoms with E-state index in [1.165, 1.54) is 21.2 Å². The first kappa shape index (κ1) is 28.9. The van der Waals surface area contributed by atoms with Crippen LogP contribution in [-0.2, 0) is 0 Å². The maximum atomic E-state index is 5.86. The van der Waals surface area contributed by atoms with E-state index in [-0.39, 0.29) is 5.41 Å². The molecular formula is C33H38O4P2. The summed E-state index contributed by atoms with van der Waals surface area (Å²) in [4.78, 5) is 0. The Morgan fingerprint density at radius 1 is 0.436 bits per heavy atom. The van der Waals surface area contributed by atoms with E-state index >= 15 is 0 Å². The number of hydrogen-bond donors (Lipinski definition) is 0. The van der Waals surface area contributed by atoms with Crippen LogP contribution in [0.2, 0.25) is 0 Å². The lowest BCUT2D eigenvalue weighted by Crippen LogP contribution is -2.31. The minimum absolute atomic E-state index is 0.0409. The molecule has 0 aliphatic rings. The average Bonchev–Trinajstić information content (AvgIpc) is 2.98. The van der Waals surface area contributed by atoms with Crippen LogP contribution in [0.3, 0.4) is 0 Å². The minimum atomic E-state index is -0.785. The third-order valence-electron chi connectivity index (χ3n) is 6.68. The van der Waals surface area contributed by atoms with Crippen molar-refractivity contribution in [3.8, 4) is 23.0 Å². The molecule has 0 radical (unpaired) electrons. The predicted octanol–water partition coefficient (Wildman–Crippen LogP) is 6.31. The van der Waals surface area contributed by atoms with E-state index in [9.17, 15) is 0 Å². The van der Waals surface area contributed by atoms with Crippen LogP contribution in [0.1, 0.15) is 13.8 Å². The van der Waals surface area contributed by atoms with E-state index in [4.69, 9.17) is 18.9 Å². The summed E-state index contributed by atoms with van der Waals surface area (Å²) in [5, 5.41) is 4.91. The Labute approximate surface area is 235 Å². The van der Waals surface area contributed by atoms with Crippen molar-refractivity contribution in [2.45, 2.75) is 13.8 Å². The van der Waals surface area contributed by atoms with E-state index in [0.717, 1.165) is 35.3 Å². The molecule has 0 fully saturated rings. The smallest absolute Gasteiger partial charge is 0.126 e. The monoisotopic (exact) mass is 560 g/mol. The van der Waals surface area contributed by atoms with Gasteiger partial charge in [0, 0.05) is 21.2 Å². The van der Waals surface area contributed by atoms with Crippen molar-refractivity contribution in [2.24, 2.45) is 5.41 Å². The maximum Gasteiger partial charge on any atom is 0.126 e. The van der Waals surface area contributed by atoms with Gasteiger partial charge in [-0.05, 0) is 57.8 Å². The van der Waals surface area contributed by atoms with Crippen molar-refractivity contribution in [1.82, 2.24) is 0 Å². The van der Waals surface area contributed by atoms with E-state index in [1.807, 2.05) is 24.3 Å². The van der Waals surface area contributed by atoms with Crippen LogP contribution in [0.4, 0.5) is 0 Å². The molecule has 204 valence electrons. The molecule has 0 aromatic heterocycles. The van der Waals surface area contributed by atoms with Gasteiger partial charge in [0.25, 0.3) is 0 Å². The second kappa shape index (κ2) is 13.3. The zero-order valence-electron chi connectivity index (χ0n) is 23.7. The molecule has 4 rings (SSSR count). The van der Waals surface area contributed by atoms with Gasteiger partial charge in [0.05, 0.1) is 28.4 Å². The normalized spacial score (nSPS) is 11.5. The van der Waals surface area contributed by atoms with Crippen molar-refractivity contribution in [3.63, 3.8) is 0 Å². The molecule has 0 saturated heterocycles. The Hall–Kier alpha value is -3.06. The fourth-order valence-corrected chi connectivity index (χ4v) is 11.0. The van der Waals surface area contributed by atoms with Crippen molar-refractivity contribution in [3.05, 3.63) is 97.1 Å². The molecule has 0 unspecified atom stereocenters. The summed E-state index contributed by atoms with van der Waals surface area (Å²) >= 11 is 0. The highest BCUT2D eigenvalue weighted by molar-refractivity contribution is 7.74. The highest BCUT2D eigenvalue weighted by atomic mass is 31.1. The third kappa shape index (κ3) is 6.75. The van der Waals surface area contributed by atoms with Crippen LogP contribution in [0.25, 0.3) is 0 Å². The molecule has 0 spiro atoms. The fraction of sp³-hybridized carbons (Fsp3) is 0.273. The number of benzene rings is 4. The second-order valence-corrected chi connectivity index (χ2v) is 14.3. The summed E-state index contributed by atoms with van der Waals surface area (Å²) in [5.41, 5.74) is -0.0409. The van der Waals surface area contributed by atoms with E-state index < -0.39 is 15.8 Å². The summed E-state index contributed by atoms with van der Waals surface area (Å²) in [7, 11) is 5.44. The van der Waals surface area contributed by atoms with Gasteiger partial charge < -0.3 is 18.9 Å². The molecule has 4 aromatic rings. The summed E-state index contributed by atoms with van der Waals surface area (Å²) in [5.74, 6) is 3.67. The van der Waals surface area contributed by atoms with Gasteiger partial charge in [0.15, 0.2) is 0 Å². The van der Waals surface area contributed by atoms with Crippen LogP contribution in [0.5, 0.6) is 23.0 Å². The molecule has 0 saturated carbocycles. The van der Waals surface area contributed by atoms with E-state index in [0.29, 0.717) is 0 Å². The minimum Gasteiger partial charge on any atom is -0.496 e. The van der Waals surface area contributed by atoms with Gasteiger partial charge in [0.2, 0.25) is 0 Å². The van der Waals surface area contributed by atoms with Crippen LogP contribution >= 0.6 is 15.8 Å². The largest absolute Gasteiger partial charge is 0.496 e. The number of para-hydroxylation sites is 4. The lowest BCUT2D eigenvalue weighted by molar-refractivity contribution is 0.417. The zero-order valence-corrected chi connectivity index (χ0v) is 25.5. The van der Waals surface area contributed by atoms with Gasteiger partial charge in [0.1, 0.15) is 23.0 Å². The molecule has 39 heavy (non-hydrogen) atoms. The molecule has 0 atom stereocenters. The highest BCUT2D eigenvalue weighted by Gasteiger charge is 2.33. The van der Waals surface area contributed by atoms with Crippen LogP contribution in [0, 0.1) is 5.41 Å². The standard InChI is InChI=1S/C33H38O4P2/c1-33(2,23-38(29-19-11-7-15-25(29)34-3)30-20-12-8-16-26(30)35-4)24-39(31-21-13-9-17-27(31)36-5)32-22-14-10-18-28(32)37-6/h7-22H,23-24H2,1-6H3. The summed E-state index contributed by atoms with van der Waals surface area (Å²) in [6.07, 6.45) is 1.93. The third-order valence-corrected chi connectivity index (χ3v) is 12.8. The van der Waals surface area contributed by atoms with Gasteiger partial charge >= 0.3 is 0 Å². The summed E-state index contributed by atoms with van der Waals surface area (Å²) < 4.78 is 23.4. The molecule has 6 heteroatoms. The van der Waals surface area contributed by atoms with Gasteiger partial charge in [-0.2, -0.15) is 0 Å². The second-order valence-electron chi connectivity index (χ2n) is 10.0.